The van der Waals surface area contributed by atoms with Crippen LogP contribution in [0.2, 0.25) is 0 Å². The van der Waals surface area contributed by atoms with E-state index in [0.29, 0.717) is 12.8 Å². The Hall–Kier alpha value is -2.18. The number of carboxylic acids is 1. The lowest BCUT2D eigenvalue weighted by Gasteiger charge is -2.25. The molecule has 1 aliphatic carbocycles. The Morgan fingerprint density at radius 1 is 1.04 bits per heavy atom. The number of carbonyl (C=O) groups is 2. The molecule has 0 bridgehead atoms. The second-order valence-electron chi connectivity index (χ2n) is 6.04. The second-order valence-corrected chi connectivity index (χ2v) is 6.04. The first-order valence-corrected chi connectivity index (χ1v) is 7.89. The summed E-state index contributed by atoms with van der Waals surface area (Å²) in [4.78, 5) is 23.7. The van der Waals surface area contributed by atoms with E-state index in [1.165, 1.54) is 0 Å². The minimum Gasteiger partial charge on any atom is -0.481 e. The molecule has 1 amide bonds. The number of benzene rings is 1. The van der Waals surface area contributed by atoms with E-state index >= 15 is 0 Å². The van der Waals surface area contributed by atoms with Crippen LogP contribution in [0.25, 0.3) is 0 Å². The van der Waals surface area contributed by atoms with Crippen LogP contribution in [0.15, 0.2) is 42.5 Å². The molecule has 1 aliphatic heterocycles. The minimum absolute atomic E-state index is 0.128. The number of hydrogen-bond acceptors (Lipinski definition) is 4. The van der Waals surface area contributed by atoms with Crippen molar-refractivity contribution < 1.29 is 14.7 Å². The molecule has 122 valence electrons. The smallest absolute Gasteiger partial charge is 0.307 e. The van der Waals surface area contributed by atoms with Gasteiger partial charge in [-0.2, -0.15) is 0 Å². The molecule has 0 radical (unpaired) electrons. The summed E-state index contributed by atoms with van der Waals surface area (Å²) in [5, 5.41) is 12.2. The van der Waals surface area contributed by atoms with E-state index < -0.39 is 17.8 Å². The monoisotopic (exact) mass is 315 g/mol. The molecule has 2 aliphatic rings. The number of aliphatic carboxylic acids is 1. The highest BCUT2D eigenvalue weighted by Crippen LogP contribution is 2.27. The highest BCUT2D eigenvalue weighted by atomic mass is 16.4. The molecule has 1 aromatic rings. The molecule has 0 aromatic heterocycles. The quantitative estimate of drug-likeness (QED) is 0.630. The Balaban J connectivity index is 1.58. The van der Waals surface area contributed by atoms with E-state index in [4.69, 9.17) is 0 Å². The molecule has 4 unspecified atom stereocenters. The maximum atomic E-state index is 12.4. The van der Waals surface area contributed by atoms with Gasteiger partial charge in [0.25, 0.3) is 0 Å². The van der Waals surface area contributed by atoms with Gasteiger partial charge < -0.3 is 10.4 Å². The van der Waals surface area contributed by atoms with Crippen LogP contribution >= 0.6 is 0 Å². The van der Waals surface area contributed by atoms with Gasteiger partial charge in [0.2, 0.25) is 5.91 Å². The summed E-state index contributed by atoms with van der Waals surface area (Å²) in [6.45, 7) is 0. The Morgan fingerprint density at radius 2 is 1.74 bits per heavy atom. The van der Waals surface area contributed by atoms with Crippen molar-refractivity contribution in [3.63, 3.8) is 0 Å². The molecule has 1 heterocycles. The van der Waals surface area contributed by atoms with Gasteiger partial charge >= 0.3 is 5.97 Å². The third kappa shape index (κ3) is 3.60. The van der Waals surface area contributed by atoms with Crippen LogP contribution in [0.5, 0.6) is 0 Å². The third-order valence-corrected chi connectivity index (χ3v) is 4.51. The predicted molar refractivity (Wildman–Crippen MR) is 85.0 cm³/mol. The van der Waals surface area contributed by atoms with Crippen LogP contribution in [0.1, 0.15) is 30.9 Å². The Bertz CT molecular complexity index is 602. The number of hydrazine groups is 1. The molecular formula is C17H21N3O3. The van der Waals surface area contributed by atoms with Crippen LogP contribution in [0.3, 0.4) is 0 Å². The summed E-state index contributed by atoms with van der Waals surface area (Å²) in [7, 11) is 0. The lowest BCUT2D eigenvalue weighted by molar-refractivity contribution is -0.147. The fourth-order valence-corrected chi connectivity index (χ4v) is 3.21. The van der Waals surface area contributed by atoms with Gasteiger partial charge in [0.15, 0.2) is 0 Å². The number of amides is 1. The van der Waals surface area contributed by atoms with Crippen molar-refractivity contribution in [3.8, 4) is 0 Å². The van der Waals surface area contributed by atoms with Gasteiger partial charge in [-0.25, -0.2) is 10.9 Å². The lowest BCUT2D eigenvalue weighted by Crippen LogP contribution is -2.48. The van der Waals surface area contributed by atoms with Crippen LogP contribution in [0.4, 0.5) is 0 Å². The topological polar surface area (TPSA) is 90.5 Å². The maximum absolute atomic E-state index is 12.4. The van der Waals surface area contributed by atoms with Crippen molar-refractivity contribution in [1.82, 2.24) is 16.2 Å². The van der Waals surface area contributed by atoms with Gasteiger partial charge in [-0.15, -0.1) is 0 Å². The van der Waals surface area contributed by atoms with E-state index in [1.807, 2.05) is 42.5 Å². The van der Waals surface area contributed by atoms with Crippen molar-refractivity contribution in [3.05, 3.63) is 48.0 Å². The van der Waals surface area contributed by atoms with Crippen molar-refractivity contribution in [2.24, 2.45) is 11.8 Å². The highest BCUT2D eigenvalue weighted by molar-refractivity contribution is 5.85. The van der Waals surface area contributed by atoms with Crippen LogP contribution in [0, 0.1) is 11.8 Å². The molecule has 23 heavy (non-hydrogen) atoms. The first-order chi connectivity index (χ1) is 11.1. The normalized spacial score (nSPS) is 30.1. The molecule has 1 fully saturated rings. The van der Waals surface area contributed by atoms with E-state index in [-0.39, 0.29) is 18.1 Å². The third-order valence-electron chi connectivity index (χ3n) is 4.51. The molecule has 4 N–H and O–H groups in total. The molecule has 0 spiro atoms. The standard InChI is InChI=1S/C17H21N3O3/c21-16(12-8-4-5-9-13(12)17(22)23)18-15-10-14(19-20-15)11-6-2-1-3-7-11/h1-7,12-15,19-20H,8-10H2,(H,18,21)(H,22,23). The average Bonchev–Trinajstić information content (AvgIpc) is 3.04. The number of carbonyl (C=O) groups excluding carboxylic acids is 1. The Labute approximate surface area is 134 Å². The first kappa shape index (κ1) is 15.7. The zero-order valence-corrected chi connectivity index (χ0v) is 12.7. The average molecular weight is 315 g/mol. The number of nitrogens with one attached hydrogen (secondary N) is 3. The van der Waals surface area contributed by atoms with E-state index in [2.05, 4.69) is 16.2 Å². The van der Waals surface area contributed by atoms with Crippen molar-refractivity contribution in [2.45, 2.75) is 31.5 Å². The van der Waals surface area contributed by atoms with E-state index in [0.717, 1.165) is 12.0 Å². The molecular weight excluding hydrogens is 294 g/mol. The SMILES string of the molecule is O=C(O)C1CC=CCC1C(=O)NC1CC(c2ccccc2)NN1. The largest absolute Gasteiger partial charge is 0.481 e. The van der Waals surface area contributed by atoms with Gasteiger partial charge in [0, 0.05) is 12.5 Å². The Morgan fingerprint density at radius 3 is 2.43 bits per heavy atom. The number of carboxylic acid groups (broad SMARTS) is 1. The van der Waals surface area contributed by atoms with Crippen LogP contribution < -0.4 is 16.2 Å². The summed E-state index contributed by atoms with van der Waals surface area (Å²) in [6.07, 6.45) is 5.13. The van der Waals surface area contributed by atoms with Crippen LogP contribution in [-0.4, -0.2) is 23.1 Å². The number of allylic oxidation sites excluding steroid dienone is 2. The zero-order chi connectivity index (χ0) is 16.2. The van der Waals surface area contributed by atoms with Gasteiger partial charge in [-0.05, 0) is 18.4 Å². The van der Waals surface area contributed by atoms with E-state index in [9.17, 15) is 14.7 Å². The zero-order valence-electron chi connectivity index (χ0n) is 12.7. The van der Waals surface area contributed by atoms with Crippen LogP contribution in [-0.2, 0) is 9.59 Å². The fourth-order valence-electron chi connectivity index (χ4n) is 3.21. The summed E-state index contributed by atoms with van der Waals surface area (Å²) in [5.41, 5.74) is 7.40. The molecule has 0 saturated carbocycles. The first-order valence-electron chi connectivity index (χ1n) is 7.89. The van der Waals surface area contributed by atoms with Gasteiger partial charge in [-0.3, -0.25) is 9.59 Å². The second kappa shape index (κ2) is 6.93. The predicted octanol–water partition coefficient (Wildman–Crippen LogP) is 1.33. The molecule has 4 atom stereocenters. The molecule has 3 rings (SSSR count). The summed E-state index contributed by atoms with van der Waals surface area (Å²) in [6, 6.07) is 10.1. The number of hydrogen-bond donors (Lipinski definition) is 4. The molecule has 6 nitrogen and oxygen atoms in total. The van der Waals surface area contributed by atoms with Crippen molar-refractivity contribution in [1.29, 1.82) is 0 Å². The summed E-state index contributed by atoms with van der Waals surface area (Å²) < 4.78 is 0. The molecule has 6 heteroatoms. The fraction of sp³-hybridized carbons (Fsp3) is 0.412. The van der Waals surface area contributed by atoms with Crippen molar-refractivity contribution >= 4 is 11.9 Å². The number of rotatable bonds is 4. The highest BCUT2D eigenvalue weighted by Gasteiger charge is 2.36. The van der Waals surface area contributed by atoms with Gasteiger partial charge in [0.1, 0.15) is 0 Å². The minimum atomic E-state index is -0.908. The summed E-state index contributed by atoms with van der Waals surface area (Å²) in [5.74, 6) is -2.25. The molecule has 1 saturated heterocycles. The summed E-state index contributed by atoms with van der Waals surface area (Å²) >= 11 is 0. The van der Waals surface area contributed by atoms with Crippen molar-refractivity contribution in [2.75, 3.05) is 0 Å². The molecule has 1 aromatic carbocycles. The lowest BCUT2D eigenvalue weighted by atomic mass is 9.82. The van der Waals surface area contributed by atoms with Gasteiger partial charge in [0.05, 0.1) is 18.0 Å². The van der Waals surface area contributed by atoms with Gasteiger partial charge in [-0.1, -0.05) is 42.5 Å². The van der Waals surface area contributed by atoms with E-state index in [1.54, 1.807) is 0 Å². The Kier molecular flexibility index (Phi) is 4.73. The maximum Gasteiger partial charge on any atom is 0.307 e.